The molecule has 1 aliphatic rings. The molecule has 24 heavy (non-hydrogen) atoms. The van der Waals surface area contributed by atoms with Crippen LogP contribution < -0.4 is 4.74 Å². The second-order valence-electron chi connectivity index (χ2n) is 5.75. The van der Waals surface area contributed by atoms with E-state index in [1.54, 1.807) is 7.11 Å². The molecule has 1 aromatic carbocycles. The van der Waals surface area contributed by atoms with E-state index in [0.717, 1.165) is 36.3 Å². The Balaban J connectivity index is 1.80. The Hall–Kier alpha value is -2.45. The van der Waals surface area contributed by atoms with Crippen molar-refractivity contribution in [2.45, 2.75) is 25.2 Å². The van der Waals surface area contributed by atoms with Gasteiger partial charge in [-0.2, -0.15) is 5.26 Å². The molecule has 5 heteroatoms. The van der Waals surface area contributed by atoms with Crippen molar-refractivity contribution in [1.82, 2.24) is 4.98 Å². The third-order valence-electron chi connectivity index (χ3n) is 4.24. The first kappa shape index (κ1) is 16.4. The van der Waals surface area contributed by atoms with E-state index in [1.165, 1.54) is 11.3 Å². The van der Waals surface area contributed by atoms with Crippen LogP contribution in [-0.4, -0.2) is 17.9 Å². The minimum atomic E-state index is -0.765. The van der Waals surface area contributed by atoms with Crippen molar-refractivity contribution in [3.63, 3.8) is 0 Å². The zero-order valence-electron chi connectivity index (χ0n) is 13.4. The monoisotopic (exact) mass is 338 g/mol. The van der Waals surface area contributed by atoms with Gasteiger partial charge in [0.05, 0.1) is 18.9 Å². The molecule has 0 spiro atoms. The van der Waals surface area contributed by atoms with E-state index in [1.807, 2.05) is 35.7 Å². The zero-order valence-corrected chi connectivity index (χ0v) is 14.3. The topological polar surface area (TPSA) is 63.0 Å². The van der Waals surface area contributed by atoms with Gasteiger partial charge in [-0.1, -0.05) is 12.2 Å². The number of benzene rings is 1. The minimum absolute atomic E-state index is 0.00233. The number of Topliss-reactive ketones (excluding diaryl/α,β-unsaturated/α-hetero) is 1. The summed E-state index contributed by atoms with van der Waals surface area (Å²) in [5.41, 5.74) is 1.73. The summed E-state index contributed by atoms with van der Waals surface area (Å²) in [6.45, 7) is 0. The summed E-state index contributed by atoms with van der Waals surface area (Å²) >= 11 is 1.38. The van der Waals surface area contributed by atoms with Gasteiger partial charge in [0, 0.05) is 16.9 Å². The Morgan fingerprint density at radius 3 is 2.79 bits per heavy atom. The van der Waals surface area contributed by atoms with E-state index in [-0.39, 0.29) is 11.7 Å². The van der Waals surface area contributed by atoms with Crippen LogP contribution >= 0.6 is 11.3 Å². The van der Waals surface area contributed by atoms with Crippen LogP contribution in [0.5, 0.6) is 5.75 Å². The van der Waals surface area contributed by atoms with Crippen LogP contribution in [0.4, 0.5) is 0 Å². The molecule has 1 aromatic heterocycles. The minimum Gasteiger partial charge on any atom is -0.497 e. The molecule has 122 valence electrons. The molecule has 4 nitrogen and oxygen atoms in total. The van der Waals surface area contributed by atoms with Crippen molar-refractivity contribution >= 4 is 17.1 Å². The number of thiazole rings is 1. The summed E-state index contributed by atoms with van der Waals surface area (Å²) < 4.78 is 5.15. The fourth-order valence-corrected chi connectivity index (χ4v) is 3.72. The first-order chi connectivity index (χ1) is 11.7. The molecule has 3 rings (SSSR count). The smallest absolute Gasteiger partial charge is 0.160 e. The van der Waals surface area contributed by atoms with Crippen molar-refractivity contribution in [3.8, 4) is 23.1 Å². The Kier molecular flexibility index (Phi) is 5.07. The van der Waals surface area contributed by atoms with E-state index in [0.29, 0.717) is 5.01 Å². The molecule has 0 radical (unpaired) electrons. The highest BCUT2D eigenvalue weighted by Crippen LogP contribution is 2.31. The normalized spacial score (nSPS) is 17.9. The number of ether oxygens (including phenoxy) is 1. The first-order valence-electron chi connectivity index (χ1n) is 7.91. The largest absolute Gasteiger partial charge is 0.497 e. The predicted octanol–water partition coefficient (Wildman–Crippen LogP) is 4.35. The van der Waals surface area contributed by atoms with Crippen LogP contribution in [0.1, 0.15) is 30.2 Å². The lowest BCUT2D eigenvalue weighted by Gasteiger charge is -2.18. The molecule has 0 bridgehead atoms. The number of hydrogen-bond donors (Lipinski definition) is 0. The highest BCUT2D eigenvalue weighted by atomic mass is 32.1. The standard InChI is InChI=1S/C19H18N2O2S/c1-23-15-9-7-13(8-10-15)17-12-24-19(21-17)16(11-20)18(22)14-5-3-2-4-6-14/h2-3,7-10,12,14,16H,4-6H2,1H3/t14-,16+/m0/s1. The predicted molar refractivity (Wildman–Crippen MR) is 93.9 cm³/mol. The number of aromatic nitrogens is 1. The molecule has 0 saturated carbocycles. The van der Waals surface area contributed by atoms with Crippen LogP contribution in [-0.2, 0) is 4.79 Å². The maximum Gasteiger partial charge on any atom is 0.160 e. The number of ketones is 1. The summed E-state index contributed by atoms with van der Waals surface area (Å²) in [5.74, 6) is -0.0476. The molecule has 1 heterocycles. The quantitative estimate of drug-likeness (QED) is 0.760. The summed E-state index contributed by atoms with van der Waals surface area (Å²) in [6.07, 6.45) is 6.59. The molecule has 0 N–H and O–H groups in total. The van der Waals surface area contributed by atoms with Gasteiger partial charge >= 0.3 is 0 Å². The van der Waals surface area contributed by atoms with E-state index in [2.05, 4.69) is 17.1 Å². The molecule has 0 fully saturated rings. The van der Waals surface area contributed by atoms with Gasteiger partial charge in [-0.15, -0.1) is 11.3 Å². The van der Waals surface area contributed by atoms with Crippen molar-refractivity contribution < 1.29 is 9.53 Å². The third kappa shape index (κ3) is 3.39. The third-order valence-corrected chi connectivity index (χ3v) is 5.15. The van der Waals surface area contributed by atoms with E-state index >= 15 is 0 Å². The lowest BCUT2D eigenvalue weighted by atomic mass is 9.85. The number of nitriles is 1. The molecule has 2 atom stereocenters. The maximum atomic E-state index is 12.7. The van der Waals surface area contributed by atoms with Crippen LogP contribution in [0.3, 0.4) is 0 Å². The number of carbonyl (C=O) groups excluding carboxylic acids is 1. The fourth-order valence-electron chi connectivity index (χ4n) is 2.84. The lowest BCUT2D eigenvalue weighted by Crippen LogP contribution is -2.22. The van der Waals surface area contributed by atoms with Gasteiger partial charge in [0.2, 0.25) is 0 Å². The van der Waals surface area contributed by atoms with E-state index in [9.17, 15) is 10.1 Å². The first-order valence-corrected chi connectivity index (χ1v) is 8.79. The number of hydrogen-bond acceptors (Lipinski definition) is 5. The number of nitrogens with zero attached hydrogens (tertiary/aromatic N) is 2. The zero-order chi connectivity index (χ0) is 16.9. The Bertz CT molecular complexity index is 786. The number of rotatable bonds is 5. The number of carbonyl (C=O) groups is 1. The lowest BCUT2D eigenvalue weighted by molar-refractivity contribution is -0.123. The van der Waals surface area contributed by atoms with Crippen molar-refractivity contribution in [2.24, 2.45) is 5.92 Å². The second-order valence-corrected chi connectivity index (χ2v) is 6.64. The molecule has 2 aromatic rings. The Morgan fingerprint density at radius 2 is 2.17 bits per heavy atom. The van der Waals surface area contributed by atoms with Crippen molar-refractivity contribution in [1.29, 1.82) is 5.26 Å². The van der Waals surface area contributed by atoms with Crippen LogP contribution in [0.25, 0.3) is 11.3 Å². The van der Waals surface area contributed by atoms with Gasteiger partial charge in [-0.3, -0.25) is 4.79 Å². The van der Waals surface area contributed by atoms with Gasteiger partial charge in [0.15, 0.2) is 11.7 Å². The van der Waals surface area contributed by atoms with E-state index < -0.39 is 5.92 Å². The second kappa shape index (κ2) is 7.41. The number of allylic oxidation sites excluding steroid dienone is 2. The summed E-state index contributed by atoms with van der Waals surface area (Å²) in [7, 11) is 1.62. The highest BCUT2D eigenvalue weighted by molar-refractivity contribution is 7.10. The highest BCUT2D eigenvalue weighted by Gasteiger charge is 2.30. The average Bonchev–Trinajstić information content (AvgIpc) is 3.13. The molecular weight excluding hydrogens is 320 g/mol. The van der Waals surface area contributed by atoms with Gasteiger partial charge in [0.25, 0.3) is 0 Å². The fraction of sp³-hybridized carbons (Fsp3) is 0.316. The van der Waals surface area contributed by atoms with Gasteiger partial charge in [0.1, 0.15) is 10.8 Å². The SMILES string of the molecule is COc1ccc(-c2csc([C@H](C#N)C(=O)[C@H]3CC=CCC3)n2)cc1. The Morgan fingerprint density at radius 1 is 1.38 bits per heavy atom. The van der Waals surface area contributed by atoms with Gasteiger partial charge in [-0.25, -0.2) is 4.98 Å². The van der Waals surface area contributed by atoms with Gasteiger partial charge < -0.3 is 4.74 Å². The van der Waals surface area contributed by atoms with Crippen LogP contribution in [0, 0.1) is 17.2 Å². The van der Waals surface area contributed by atoms with Crippen molar-refractivity contribution in [3.05, 3.63) is 46.8 Å². The molecular formula is C19H18N2O2S. The molecule has 0 aliphatic heterocycles. The summed E-state index contributed by atoms with van der Waals surface area (Å²) in [4.78, 5) is 17.2. The van der Waals surface area contributed by atoms with Crippen LogP contribution in [0.2, 0.25) is 0 Å². The Labute approximate surface area is 145 Å². The van der Waals surface area contributed by atoms with E-state index in [4.69, 9.17) is 4.74 Å². The van der Waals surface area contributed by atoms with Crippen molar-refractivity contribution in [2.75, 3.05) is 7.11 Å². The summed E-state index contributed by atoms with van der Waals surface area (Å²) in [5, 5.41) is 12.0. The molecule has 0 amide bonds. The number of methoxy groups -OCH3 is 1. The summed E-state index contributed by atoms with van der Waals surface area (Å²) in [6, 6.07) is 9.74. The maximum absolute atomic E-state index is 12.7. The van der Waals surface area contributed by atoms with Crippen LogP contribution in [0.15, 0.2) is 41.8 Å². The molecule has 0 saturated heterocycles. The van der Waals surface area contributed by atoms with Gasteiger partial charge in [-0.05, 0) is 43.5 Å². The average molecular weight is 338 g/mol. The molecule has 0 unspecified atom stereocenters. The molecule has 1 aliphatic carbocycles.